The summed E-state index contributed by atoms with van der Waals surface area (Å²) >= 11 is 0. The summed E-state index contributed by atoms with van der Waals surface area (Å²) in [6, 6.07) is 15.1. The van der Waals surface area contributed by atoms with E-state index in [9.17, 15) is 4.79 Å². The van der Waals surface area contributed by atoms with Crippen LogP contribution in [0.4, 0.5) is 0 Å². The van der Waals surface area contributed by atoms with Crippen LogP contribution < -0.4 is 0 Å². The van der Waals surface area contributed by atoms with Gasteiger partial charge in [0.1, 0.15) is 5.69 Å². The first kappa shape index (κ1) is 16.6. The Bertz CT molecular complexity index is 864. The molecule has 0 spiro atoms. The second-order valence-electron chi connectivity index (χ2n) is 6.53. The van der Waals surface area contributed by atoms with Gasteiger partial charge in [-0.05, 0) is 31.5 Å². The molecular weight excluding hydrogens is 328 g/mol. The quantitative estimate of drug-likeness (QED) is 0.659. The molecule has 26 heavy (non-hydrogen) atoms. The van der Waals surface area contributed by atoms with Crippen LogP contribution in [-0.4, -0.2) is 38.9 Å². The van der Waals surface area contributed by atoms with E-state index in [-0.39, 0.29) is 11.7 Å². The van der Waals surface area contributed by atoms with Gasteiger partial charge in [0.25, 0.3) is 0 Å². The molecule has 0 bridgehead atoms. The first-order chi connectivity index (χ1) is 12.8. The van der Waals surface area contributed by atoms with E-state index < -0.39 is 0 Å². The average Bonchev–Trinajstić information content (AvgIpc) is 3.17. The molecule has 0 radical (unpaired) electrons. The van der Waals surface area contributed by atoms with Crippen molar-refractivity contribution >= 4 is 5.78 Å². The fourth-order valence-corrected chi connectivity index (χ4v) is 3.36. The predicted octanol–water partition coefficient (Wildman–Crippen LogP) is 3.23. The van der Waals surface area contributed by atoms with Gasteiger partial charge in [0, 0.05) is 24.2 Å². The Morgan fingerprint density at radius 2 is 2.00 bits per heavy atom. The number of rotatable bonds is 5. The van der Waals surface area contributed by atoms with E-state index in [0.717, 1.165) is 31.5 Å². The van der Waals surface area contributed by atoms with Crippen molar-refractivity contribution in [2.75, 3.05) is 13.1 Å². The fourth-order valence-electron chi connectivity index (χ4n) is 3.36. The molecule has 2 aromatic heterocycles. The minimum Gasteiger partial charge on any atom is -0.337 e. The summed E-state index contributed by atoms with van der Waals surface area (Å²) < 4.78 is 5.37. The molecule has 1 fully saturated rings. The summed E-state index contributed by atoms with van der Waals surface area (Å²) in [6.45, 7) is 2.20. The fraction of sp³-hybridized carbons (Fsp3) is 0.300. The van der Waals surface area contributed by atoms with E-state index in [1.165, 1.54) is 0 Å². The van der Waals surface area contributed by atoms with E-state index in [0.29, 0.717) is 24.0 Å². The average molecular weight is 348 g/mol. The third-order valence-electron chi connectivity index (χ3n) is 4.66. The van der Waals surface area contributed by atoms with Crippen LogP contribution in [-0.2, 0) is 6.54 Å². The van der Waals surface area contributed by atoms with Gasteiger partial charge in [-0.15, -0.1) is 0 Å². The van der Waals surface area contributed by atoms with Crippen LogP contribution in [0.25, 0.3) is 11.5 Å². The number of aromatic nitrogens is 3. The first-order valence-electron chi connectivity index (χ1n) is 8.85. The molecule has 0 aliphatic carbocycles. The van der Waals surface area contributed by atoms with Crippen LogP contribution in [0.15, 0.2) is 59.3 Å². The Morgan fingerprint density at radius 3 is 2.81 bits per heavy atom. The third-order valence-corrected chi connectivity index (χ3v) is 4.66. The monoisotopic (exact) mass is 348 g/mol. The third kappa shape index (κ3) is 3.70. The molecule has 0 N–H and O–H groups in total. The standard InChI is InChI=1S/C20H20N4O2/c25-19(15-7-2-1-3-8-15)16-9-6-12-24(13-16)14-18-22-20(23-26-18)17-10-4-5-11-21-17/h1-5,7-8,10-11,16H,6,9,12-14H2. The number of ketones is 1. The smallest absolute Gasteiger partial charge is 0.241 e. The molecule has 1 atom stereocenters. The van der Waals surface area contributed by atoms with Gasteiger partial charge in [-0.3, -0.25) is 14.7 Å². The Morgan fingerprint density at radius 1 is 1.15 bits per heavy atom. The van der Waals surface area contributed by atoms with Gasteiger partial charge >= 0.3 is 0 Å². The number of hydrogen-bond acceptors (Lipinski definition) is 6. The lowest BCUT2D eigenvalue weighted by Crippen LogP contribution is -2.38. The molecule has 6 nitrogen and oxygen atoms in total. The van der Waals surface area contributed by atoms with Crippen LogP contribution >= 0.6 is 0 Å². The van der Waals surface area contributed by atoms with E-state index in [2.05, 4.69) is 20.0 Å². The normalized spacial score (nSPS) is 17.9. The van der Waals surface area contributed by atoms with E-state index in [1.807, 2.05) is 48.5 Å². The van der Waals surface area contributed by atoms with Crippen LogP contribution in [0.3, 0.4) is 0 Å². The molecule has 3 aromatic rings. The molecule has 6 heteroatoms. The number of piperidine rings is 1. The largest absolute Gasteiger partial charge is 0.337 e. The van der Waals surface area contributed by atoms with Crippen molar-refractivity contribution < 1.29 is 9.32 Å². The summed E-state index contributed by atoms with van der Waals surface area (Å²) in [4.78, 5) is 23.6. The maximum Gasteiger partial charge on any atom is 0.241 e. The number of carbonyl (C=O) groups excluding carboxylic acids is 1. The summed E-state index contributed by atoms with van der Waals surface area (Å²) in [6.07, 6.45) is 3.62. The van der Waals surface area contributed by atoms with Crippen molar-refractivity contribution in [3.8, 4) is 11.5 Å². The molecule has 1 aliphatic heterocycles. The Labute approximate surface area is 151 Å². The molecule has 3 heterocycles. The van der Waals surface area contributed by atoms with Crippen LogP contribution in [0.2, 0.25) is 0 Å². The van der Waals surface area contributed by atoms with Gasteiger partial charge in [-0.1, -0.05) is 41.6 Å². The zero-order chi connectivity index (χ0) is 17.8. The van der Waals surface area contributed by atoms with Crippen LogP contribution in [0.1, 0.15) is 29.1 Å². The second kappa shape index (κ2) is 7.58. The lowest BCUT2D eigenvalue weighted by molar-refractivity contribution is 0.0797. The van der Waals surface area contributed by atoms with Crippen molar-refractivity contribution in [2.24, 2.45) is 5.92 Å². The van der Waals surface area contributed by atoms with Crippen molar-refractivity contribution in [1.82, 2.24) is 20.0 Å². The molecule has 0 saturated carbocycles. The molecule has 1 aromatic carbocycles. The topological polar surface area (TPSA) is 72.1 Å². The van der Waals surface area contributed by atoms with E-state index in [1.54, 1.807) is 6.20 Å². The maximum atomic E-state index is 12.7. The van der Waals surface area contributed by atoms with Crippen molar-refractivity contribution in [3.05, 3.63) is 66.2 Å². The summed E-state index contributed by atoms with van der Waals surface area (Å²) in [5.74, 6) is 1.28. The number of pyridine rings is 1. The van der Waals surface area contributed by atoms with Gasteiger partial charge in [-0.2, -0.15) is 4.98 Å². The molecule has 1 unspecified atom stereocenters. The van der Waals surface area contributed by atoms with Gasteiger partial charge in [0.15, 0.2) is 5.78 Å². The summed E-state index contributed by atoms with van der Waals surface area (Å²) in [5, 5.41) is 4.01. The highest BCUT2D eigenvalue weighted by molar-refractivity contribution is 5.98. The molecule has 1 aliphatic rings. The Hall–Kier alpha value is -2.86. The van der Waals surface area contributed by atoms with Crippen LogP contribution in [0.5, 0.6) is 0 Å². The predicted molar refractivity (Wildman–Crippen MR) is 96.3 cm³/mol. The highest BCUT2D eigenvalue weighted by Crippen LogP contribution is 2.22. The highest BCUT2D eigenvalue weighted by atomic mass is 16.5. The van der Waals surface area contributed by atoms with Gasteiger partial charge in [0.2, 0.25) is 11.7 Å². The van der Waals surface area contributed by atoms with Crippen LogP contribution in [0, 0.1) is 5.92 Å². The maximum absolute atomic E-state index is 12.7. The van der Waals surface area contributed by atoms with E-state index >= 15 is 0 Å². The number of likely N-dealkylation sites (tertiary alicyclic amines) is 1. The lowest BCUT2D eigenvalue weighted by Gasteiger charge is -2.30. The number of hydrogen-bond donors (Lipinski definition) is 0. The van der Waals surface area contributed by atoms with Crippen molar-refractivity contribution in [2.45, 2.75) is 19.4 Å². The molecule has 1 saturated heterocycles. The van der Waals surface area contributed by atoms with E-state index in [4.69, 9.17) is 4.52 Å². The van der Waals surface area contributed by atoms with Crippen molar-refractivity contribution in [3.63, 3.8) is 0 Å². The lowest BCUT2D eigenvalue weighted by atomic mass is 9.90. The molecular formula is C20H20N4O2. The number of carbonyl (C=O) groups is 1. The first-order valence-corrected chi connectivity index (χ1v) is 8.85. The highest BCUT2D eigenvalue weighted by Gasteiger charge is 2.27. The Balaban J connectivity index is 1.41. The zero-order valence-corrected chi connectivity index (χ0v) is 14.4. The second-order valence-corrected chi connectivity index (χ2v) is 6.53. The van der Waals surface area contributed by atoms with Gasteiger partial charge in [0.05, 0.1) is 6.54 Å². The molecule has 0 amide bonds. The summed E-state index contributed by atoms with van der Waals surface area (Å²) in [5.41, 5.74) is 1.48. The van der Waals surface area contributed by atoms with Gasteiger partial charge in [-0.25, -0.2) is 0 Å². The number of nitrogens with zero attached hydrogens (tertiary/aromatic N) is 4. The molecule has 4 rings (SSSR count). The summed E-state index contributed by atoms with van der Waals surface area (Å²) in [7, 11) is 0. The zero-order valence-electron chi connectivity index (χ0n) is 14.4. The minimum atomic E-state index is 0.0179. The Kier molecular flexibility index (Phi) is 4.84. The molecule has 132 valence electrons. The minimum absolute atomic E-state index is 0.0179. The van der Waals surface area contributed by atoms with Crippen molar-refractivity contribution in [1.29, 1.82) is 0 Å². The SMILES string of the molecule is O=C(c1ccccc1)C1CCCN(Cc2nc(-c3ccccn3)no2)C1. The number of benzene rings is 1. The van der Waals surface area contributed by atoms with Gasteiger partial charge < -0.3 is 4.52 Å². The number of Topliss-reactive ketones (excluding diaryl/α,β-unsaturated/α-hetero) is 1.